The number of likely N-dealkylation sites (N-methyl/N-ethyl adjacent to an activating group) is 1. The standard InChI is InChI=1S/C14H21N3O3S/c1-3-13(15)11-5-4-6-12(9-11)21(19,20)17-8-7-16(2)14(18)10-17/h4-6,9,13H,3,7-8,10,15H2,1-2H3. The minimum atomic E-state index is -3.65. The summed E-state index contributed by atoms with van der Waals surface area (Å²) in [7, 11) is -1.98. The predicted molar refractivity (Wildman–Crippen MR) is 80.1 cm³/mol. The van der Waals surface area contributed by atoms with Crippen molar-refractivity contribution in [1.29, 1.82) is 0 Å². The molecule has 1 aromatic carbocycles. The van der Waals surface area contributed by atoms with E-state index < -0.39 is 10.0 Å². The summed E-state index contributed by atoms with van der Waals surface area (Å²) in [5.74, 6) is -0.189. The quantitative estimate of drug-likeness (QED) is 0.880. The number of nitrogens with two attached hydrogens (primary N) is 1. The lowest BCUT2D eigenvalue weighted by molar-refractivity contribution is -0.132. The van der Waals surface area contributed by atoms with Crippen molar-refractivity contribution in [2.24, 2.45) is 5.73 Å². The van der Waals surface area contributed by atoms with Gasteiger partial charge in [-0.1, -0.05) is 19.1 Å². The molecule has 1 fully saturated rings. The van der Waals surface area contributed by atoms with Gasteiger partial charge in [0.2, 0.25) is 15.9 Å². The molecule has 2 N–H and O–H groups in total. The number of benzene rings is 1. The predicted octanol–water partition coefficient (Wildman–Crippen LogP) is 0.559. The molecule has 1 saturated heterocycles. The Morgan fingerprint density at radius 2 is 2.05 bits per heavy atom. The summed E-state index contributed by atoms with van der Waals surface area (Å²) in [6, 6.07) is 6.48. The van der Waals surface area contributed by atoms with Crippen LogP contribution in [0.15, 0.2) is 29.2 Å². The fraction of sp³-hybridized carbons (Fsp3) is 0.500. The Balaban J connectivity index is 2.29. The van der Waals surface area contributed by atoms with Crippen molar-refractivity contribution in [1.82, 2.24) is 9.21 Å². The third-order valence-corrected chi connectivity index (χ3v) is 5.63. The minimum absolute atomic E-state index is 0.108. The Morgan fingerprint density at radius 3 is 2.67 bits per heavy atom. The van der Waals surface area contributed by atoms with Crippen LogP contribution in [0.5, 0.6) is 0 Å². The molecular weight excluding hydrogens is 290 g/mol. The van der Waals surface area contributed by atoms with Crippen LogP contribution >= 0.6 is 0 Å². The average Bonchev–Trinajstić information content (AvgIpc) is 2.49. The zero-order chi connectivity index (χ0) is 15.6. The van der Waals surface area contributed by atoms with E-state index in [0.29, 0.717) is 13.1 Å². The van der Waals surface area contributed by atoms with Crippen LogP contribution in [0, 0.1) is 0 Å². The molecule has 0 bridgehead atoms. The fourth-order valence-corrected chi connectivity index (χ4v) is 3.67. The van der Waals surface area contributed by atoms with Gasteiger partial charge >= 0.3 is 0 Å². The SMILES string of the molecule is CCC(N)c1cccc(S(=O)(=O)N2CCN(C)C(=O)C2)c1. The molecule has 0 aromatic heterocycles. The van der Waals surface area contributed by atoms with Gasteiger partial charge in [0, 0.05) is 26.2 Å². The van der Waals surface area contributed by atoms with E-state index >= 15 is 0 Å². The van der Waals surface area contributed by atoms with E-state index in [1.807, 2.05) is 13.0 Å². The second-order valence-corrected chi connectivity index (χ2v) is 7.18. The van der Waals surface area contributed by atoms with Crippen LogP contribution in [0.2, 0.25) is 0 Å². The molecule has 1 amide bonds. The summed E-state index contributed by atoms with van der Waals surface area (Å²) in [6.07, 6.45) is 0.733. The van der Waals surface area contributed by atoms with E-state index in [9.17, 15) is 13.2 Å². The molecular formula is C14H21N3O3S. The lowest BCUT2D eigenvalue weighted by Crippen LogP contribution is -2.50. The van der Waals surface area contributed by atoms with Crippen LogP contribution in [0.3, 0.4) is 0 Å². The molecule has 7 heteroatoms. The Hall–Kier alpha value is -1.44. The number of sulfonamides is 1. The summed E-state index contributed by atoms with van der Waals surface area (Å²) in [5, 5.41) is 0. The zero-order valence-electron chi connectivity index (χ0n) is 12.3. The van der Waals surface area contributed by atoms with Crippen LogP contribution < -0.4 is 5.73 Å². The average molecular weight is 311 g/mol. The second-order valence-electron chi connectivity index (χ2n) is 5.24. The number of nitrogens with zero attached hydrogens (tertiary/aromatic N) is 2. The monoisotopic (exact) mass is 311 g/mol. The van der Waals surface area contributed by atoms with E-state index in [1.54, 1.807) is 25.2 Å². The number of hydrogen-bond acceptors (Lipinski definition) is 4. The first-order valence-corrected chi connectivity index (χ1v) is 8.40. The smallest absolute Gasteiger partial charge is 0.243 e. The number of carbonyl (C=O) groups is 1. The highest BCUT2D eigenvalue weighted by molar-refractivity contribution is 7.89. The highest BCUT2D eigenvalue weighted by Gasteiger charge is 2.31. The molecule has 0 radical (unpaired) electrons. The number of carbonyl (C=O) groups excluding carboxylic acids is 1. The number of hydrogen-bond donors (Lipinski definition) is 1. The van der Waals surface area contributed by atoms with Crippen molar-refractivity contribution >= 4 is 15.9 Å². The van der Waals surface area contributed by atoms with E-state index in [-0.39, 0.29) is 23.4 Å². The van der Waals surface area contributed by atoms with Gasteiger partial charge in [-0.2, -0.15) is 4.31 Å². The van der Waals surface area contributed by atoms with Gasteiger partial charge in [-0.3, -0.25) is 4.79 Å². The maximum atomic E-state index is 12.6. The van der Waals surface area contributed by atoms with E-state index in [1.165, 1.54) is 9.21 Å². The summed E-state index contributed by atoms with van der Waals surface area (Å²) >= 11 is 0. The molecule has 1 aliphatic rings. The molecule has 1 aliphatic heterocycles. The maximum Gasteiger partial charge on any atom is 0.243 e. The van der Waals surface area contributed by atoms with Gasteiger partial charge < -0.3 is 10.6 Å². The van der Waals surface area contributed by atoms with E-state index in [2.05, 4.69) is 0 Å². The molecule has 1 unspecified atom stereocenters. The fourth-order valence-electron chi connectivity index (χ4n) is 2.23. The lowest BCUT2D eigenvalue weighted by Gasteiger charge is -2.31. The minimum Gasteiger partial charge on any atom is -0.343 e. The van der Waals surface area contributed by atoms with Gasteiger partial charge in [-0.15, -0.1) is 0 Å². The van der Waals surface area contributed by atoms with E-state index in [0.717, 1.165) is 12.0 Å². The van der Waals surface area contributed by atoms with Crippen molar-refractivity contribution < 1.29 is 13.2 Å². The van der Waals surface area contributed by atoms with Crippen LogP contribution in [-0.4, -0.2) is 50.2 Å². The van der Waals surface area contributed by atoms with Crippen LogP contribution in [0.25, 0.3) is 0 Å². The van der Waals surface area contributed by atoms with Crippen LogP contribution in [-0.2, 0) is 14.8 Å². The van der Waals surface area contributed by atoms with Gasteiger partial charge in [-0.25, -0.2) is 8.42 Å². The van der Waals surface area contributed by atoms with Crippen molar-refractivity contribution in [3.63, 3.8) is 0 Å². The summed E-state index contributed by atoms with van der Waals surface area (Å²) in [4.78, 5) is 13.4. The first-order chi connectivity index (χ1) is 9.86. The molecule has 1 heterocycles. The number of amides is 1. The summed E-state index contributed by atoms with van der Waals surface area (Å²) < 4.78 is 26.5. The second kappa shape index (κ2) is 6.13. The lowest BCUT2D eigenvalue weighted by atomic mass is 10.1. The van der Waals surface area contributed by atoms with Gasteiger partial charge in [0.25, 0.3) is 0 Å². The van der Waals surface area contributed by atoms with Gasteiger partial charge in [0.1, 0.15) is 0 Å². The topological polar surface area (TPSA) is 83.7 Å². The molecule has 116 valence electrons. The molecule has 21 heavy (non-hydrogen) atoms. The Labute approximate surface area is 125 Å². The molecule has 6 nitrogen and oxygen atoms in total. The molecule has 1 atom stereocenters. The first kappa shape index (κ1) is 15.9. The van der Waals surface area contributed by atoms with Crippen molar-refractivity contribution in [3.8, 4) is 0 Å². The Kier molecular flexibility index (Phi) is 4.65. The van der Waals surface area contributed by atoms with E-state index in [4.69, 9.17) is 5.73 Å². The maximum absolute atomic E-state index is 12.6. The van der Waals surface area contributed by atoms with Crippen molar-refractivity contribution in [3.05, 3.63) is 29.8 Å². The van der Waals surface area contributed by atoms with Crippen LogP contribution in [0.4, 0.5) is 0 Å². The Bertz CT molecular complexity index is 630. The molecule has 0 saturated carbocycles. The largest absolute Gasteiger partial charge is 0.343 e. The third kappa shape index (κ3) is 3.25. The van der Waals surface area contributed by atoms with Crippen molar-refractivity contribution in [2.75, 3.05) is 26.7 Å². The van der Waals surface area contributed by atoms with Crippen molar-refractivity contribution in [2.45, 2.75) is 24.3 Å². The van der Waals surface area contributed by atoms with Crippen LogP contribution in [0.1, 0.15) is 24.9 Å². The first-order valence-electron chi connectivity index (χ1n) is 6.96. The van der Waals surface area contributed by atoms with Gasteiger partial charge in [0.05, 0.1) is 11.4 Å². The van der Waals surface area contributed by atoms with Gasteiger partial charge in [-0.05, 0) is 24.1 Å². The normalized spacial score (nSPS) is 18.8. The zero-order valence-corrected chi connectivity index (χ0v) is 13.1. The molecule has 0 aliphatic carbocycles. The highest BCUT2D eigenvalue weighted by Crippen LogP contribution is 2.22. The molecule has 1 aromatic rings. The summed E-state index contributed by atoms with van der Waals surface area (Å²) in [5.41, 5.74) is 6.75. The number of piperazine rings is 1. The number of rotatable bonds is 4. The van der Waals surface area contributed by atoms with Gasteiger partial charge in [0.15, 0.2) is 0 Å². The Morgan fingerprint density at radius 1 is 1.33 bits per heavy atom. The summed E-state index contributed by atoms with van der Waals surface area (Å²) in [6.45, 7) is 2.56. The molecule has 2 rings (SSSR count). The third-order valence-electron chi connectivity index (χ3n) is 3.79. The highest BCUT2D eigenvalue weighted by atomic mass is 32.2. The molecule has 0 spiro atoms.